The molecular weight excluding hydrogens is 205 g/mol. The van der Waals surface area contributed by atoms with Crippen LogP contribution in [0.4, 0.5) is 0 Å². The van der Waals surface area contributed by atoms with Gasteiger partial charge in [0, 0.05) is 7.05 Å². The maximum absolute atomic E-state index is 5.55. The van der Waals surface area contributed by atoms with Gasteiger partial charge in [0.1, 0.15) is 0 Å². The van der Waals surface area contributed by atoms with Gasteiger partial charge >= 0.3 is 0 Å². The summed E-state index contributed by atoms with van der Waals surface area (Å²) in [5, 5.41) is 7.45. The summed E-state index contributed by atoms with van der Waals surface area (Å²) in [6.45, 7) is 0. The van der Waals surface area contributed by atoms with E-state index in [4.69, 9.17) is 11.6 Å². The van der Waals surface area contributed by atoms with Crippen molar-refractivity contribution in [3.63, 3.8) is 0 Å². The third kappa shape index (κ3) is 1.24. The van der Waals surface area contributed by atoms with Crippen molar-refractivity contribution < 1.29 is 0 Å². The Bertz CT molecular complexity index is 190. The largest absolute Gasteiger partial charge is 0.250 e. The summed E-state index contributed by atoms with van der Waals surface area (Å²) >= 11 is 8.75. The molecule has 1 aromatic heterocycles. The van der Waals surface area contributed by atoms with Crippen LogP contribution < -0.4 is 0 Å². The number of halogens is 2. The third-order valence-corrected chi connectivity index (χ3v) is 1.89. The first-order valence-electron chi connectivity index (χ1n) is 2.35. The van der Waals surface area contributed by atoms with E-state index in [1.807, 2.05) is 0 Å². The Hall–Kier alpha value is -0.0900. The molecule has 5 heteroatoms. The molecule has 9 heavy (non-hydrogen) atoms. The molecule has 0 bridgehead atoms. The van der Waals surface area contributed by atoms with Gasteiger partial charge < -0.3 is 0 Å². The lowest BCUT2D eigenvalue weighted by Gasteiger charge is -1.91. The molecule has 0 N–H and O–H groups in total. The van der Waals surface area contributed by atoms with Gasteiger partial charge in [0.15, 0.2) is 4.60 Å². The topological polar surface area (TPSA) is 30.7 Å². The van der Waals surface area contributed by atoms with E-state index in [1.165, 1.54) is 0 Å². The minimum absolute atomic E-state index is 0.435. The Morgan fingerprint density at radius 2 is 2.44 bits per heavy atom. The number of hydrogen-bond donors (Lipinski definition) is 0. The quantitative estimate of drug-likeness (QED) is 0.655. The fourth-order valence-electron chi connectivity index (χ4n) is 0.493. The predicted octanol–water partition coefficient (Wildman–Crippen LogP) is 1.32. The molecule has 0 radical (unpaired) electrons. The molecule has 0 unspecified atom stereocenters. The van der Waals surface area contributed by atoms with Crippen molar-refractivity contribution in [1.82, 2.24) is 15.0 Å². The van der Waals surface area contributed by atoms with Crippen LogP contribution in [0.1, 0.15) is 5.69 Å². The lowest BCUT2D eigenvalue weighted by molar-refractivity contribution is 0.693. The van der Waals surface area contributed by atoms with Gasteiger partial charge in [-0.1, -0.05) is 5.21 Å². The molecule has 1 aromatic rings. The van der Waals surface area contributed by atoms with Gasteiger partial charge in [0.05, 0.1) is 11.6 Å². The van der Waals surface area contributed by atoms with Crippen molar-refractivity contribution in [2.24, 2.45) is 7.05 Å². The van der Waals surface area contributed by atoms with Gasteiger partial charge in [-0.2, -0.15) is 0 Å². The van der Waals surface area contributed by atoms with E-state index in [1.54, 1.807) is 11.7 Å². The minimum atomic E-state index is 0.435. The van der Waals surface area contributed by atoms with Gasteiger partial charge in [-0.15, -0.1) is 16.7 Å². The molecule has 1 heterocycles. The van der Waals surface area contributed by atoms with E-state index in [0.717, 1.165) is 10.3 Å². The average Bonchev–Trinajstić information content (AvgIpc) is 2.12. The smallest absolute Gasteiger partial charge is 0.152 e. The van der Waals surface area contributed by atoms with Crippen LogP contribution in [-0.4, -0.2) is 15.0 Å². The highest BCUT2D eigenvalue weighted by Gasteiger charge is 2.03. The van der Waals surface area contributed by atoms with Crippen LogP contribution >= 0.6 is 27.5 Å². The second-order valence-electron chi connectivity index (χ2n) is 1.58. The van der Waals surface area contributed by atoms with E-state index in [-0.39, 0.29) is 0 Å². The molecular formula is C4H5BrClN3. The summed E-state index contributed by atoms with van der Waals surface area (Å²) < 4.78 is 2.36. The van der Waals surface area contributed by atoms with Gasteiger partial charge in [-0.25, -0.2) is 0 Å². The normalized spacial score (nSPS) is 10.1. The Balaban J connectivity index is 3.07. The molecule has 3 nitrogen and oxygen atoms in total. The minimum Gasteiger partial charge on any atom is -0.250 e. The lowest BCUT2D eigenvalue weighted by atomic mass is 10.5. The number of rotatable bonds is 1. The van der Waals surface area contributed by atoms with Gasteiger partial charge in [0.2, 0.25) is 0 Å². The van der Waals surface area contributed by atoms with E-state index >= 15 is 0 Å². The highest BCUT2D eigenvalue weighted by Crippen LogP contribution is 2.12. The highest BCUT2D eigenvalue weighted by atomic mass is 79.9. The van der Waals surface area contributed by atoms with Crippen molar-refractivity contribution >= 4 is 27.5 Å². The standard InChI is InChI=1S/C4H5BrClN3/c1-9-3(2-6)4(5)7-8-9/h2H2,1H3. The number of aryl methyl sites for hydroxylation is 1. The van der Waals surface area contributed by atoms with Crippen molar-refractivity contribution in [3.05, 3.63) is 10.3 Å². The Morgan fingerprint density at radius 1 is 1.78 bits per heavy atom. The molecule has 0 aliphatic rings. The average molecular weight is 210 g/mol. The fourth-order valence-corrected chi connectivity index (χ4v) is 1.42. The van der Waals surface area contributed by atoms with Crippen molar-refractivity contribution in [2.75, 3.05) is 0 Å². The SMILES string of the molecule is Cn1nnc(Br)c1CCl. The zero-order valence-corrected chi connectivity index (χ0v) is 7.15. The van der Waals surface area contributed by atoms with E-state index in [2.05, 4.69) is 26.2 Å². The molecule has 0 amide bonds. The van der Waals surface area contributed by atoms with Crippen LogP contribution in [0.2, 0.25) is 0 Å². The summed E-state index contributed by atoms with van der Waals surface area (Å²) in [4.78, 5) is 0. The molecule has 0 aliphatic carbocycles. The van der Waals surface area contributed by atoms with E-state index < -0.39 is 0 Å². The number of hydrogen-bond acceptors (Lipinski definition) is 2. The molecule has 0 fully saturated rings. The molecule has 0 aliphatic heterocycles. The summed E-state index contributed by atoms with van der Waals surface area (Å²) in [5.74, 6) is 0.435. The lowest BCUT2D eigenvalue weighted by Crippen LogP contribution is -1.95. The highest BCUT2D eigenvalue weighted by molar-refractivity contribution is 9.10. The zero-order chi connectivity index (χ0) is 6.85. The first-order chi connectivity index (χ1) is 4.25. The second kappa shape index (κ2) is 2.66. The van der Waals surface area contributed by atoms with Crippen molar-refractivity contribution in [2.45, 2.75) is 5.88 Å². The van der Waals surface area contributed by atoms with Gasteiger partial charge in [0.25, 0.3) is 0 Å². The van der Waals surface area contributed by atoms with Crippen LogP contribution in [0.15, 0.2) is 4.60 Å². The van der Waals surface area contributed by atoms with Gasteiger partial charge in [-0.05, 0) is 15.9 Å². The van der Waals surface area contributed by atoms with E-state index in [0.29, 0.717) is 5.88 Å². The number of alkyl halides is 1. The first kappa shape index (κ1) is 7.02. The van der Waals surface area contributed by atoms with Crippen molar-refractivity contribution in [1.29, 1.82) is 0 Å². The monoisotopic (exact) mass is 209 g/mol. The summed E-state index contributed by atoms with van der Waals surface area (Å²) in [7, 11) is 1.80. The van der Waals surface area contributed by atoms with Gasteiger partial charge in [-0.3, -0.25) is 4.68 Å². The molecule has 50 valence electrons. The third-order valence-electron chi connectivity index (χ3n) is 1.02. The van der Waals surface area contributed by atoms with Crippen LogP contribution in [0.5, 0.6) is 0 Å². The zero-order valence-electron chi connectivity index (χ0n) is 4.80. The molecule has 0 spiro atoms. The molecule has 0 atom stereocenters. The Kier molecular flexibility index (Phi) is 2.08. The van der Waals surface area contributed by atoms with Crippen LogP contribution in [0.3, 0.4) is 0 Å². The number of aromatic nitrogens is 3. The van der Waals surface area contributed by atoms with E-state index in [9.17, 15) is 0 Å². The molecule has 0 saturated carbocycles. The summed E-state index contributed by atoms with van der Waals surface area (Å²) in [5.41, 5.74) is 0.900. The van der Waals surface area contributed by atoms with Crippen LogP contribution in [-0.2, 0) is 12.9 Å². The molecule has 1 rings (SSSR count). The maximum atomic E-state index is 5.55. The summed E-state index contributed by atoms with van der Waals surface area (Å²) in [6.07, 6.45) is 0. The fraction of sp³-hybridized carbons (Fsp3) is 0.500. The maximum Gasteiger partial charge on any atom is 0.152 e. The second-order valence-corrected chi connectivity index (χ2v) is 2.60. The van der Waals surface area contributed by atoms with Crippen LogP contribution in [0, 0.1) is 0 Å². The Morgan fingerprint density at radius 3 is 2.67 bits per heavy atom. The number of nitrogens with zero attached hydrogens (tertiary/aromatic N) is 3. The summed E-state index contributed by atoms with van der Waals surface area (Å²) in [6, 6.07) is 0. The van der Waals surface area contributed by atoms with Crippen LogP contribution in [0.25, 0.3) is 0 Å². The predicted molar refractivity (Wildman–Crippen MR) is 38.3 cm³/mol. The Labute approximate surface area is 66.1 Å². The molecule has 0 saturated heterocycles. The first-order valence-corrected chi connectivity index (χ1v) is 3.68. The molecule has 0 aromatic carbocycles. The van der Waals surface area contributed by atoms with Crippen molar-refractivity contribution in [3.8, 4) is 0 Å².